The van der Waals surface area contributed by atoms with E-state index in [1.165, 1.54) is 49.8 Å². The van der Waals surface area contributed by atoms with Crippen LogP contribution in [-0.4, -0.2) is 6.71 Å². The summed E-state index contributed by atoms with van der Waals surface area (Å²) in [7, 11) is 0. The highest BCUT2D eigenvalue weighted by Gasteiger charge is 2.45. The molecule has 0 unspecified atom stereocenters. The van der Waals surface area contributed by atoms with Crippen LogP contribution in [-0.2, 0) is 27.1 Å². The van der Waals surface area contributed by atoms with Crippen molar-refractivity contribution in [2.24, 2.45) is 0 Å². The van der Waals surface area contributed by atoms with Crippen LogP contribution in [0.1, 0.15) is 137 Å². The molecule has 0 saturated heterocycles. The normalized spacial score (nSPS) is 14.0. The van der Waals surface area contributed by atoms with E-state index in [-0.39, 0.29) is 39.6 Å². The van der Waals surface area contributed by atoms with E-state index in [4.69, 9.17) is 0 Å². The number of fused-ring (bicyclic) bond motifs is 4. The van der Waals surface area contributed by atoms with Gasteiger partial charge in [0.2, 0.25) is 0 Å². The minimum atomic E-state index is -0.220. The Morgan fingerprint density at radius 3 is 1.10 bits per heavy atom. The van der Waals surface area contributed by atoms with Gasteiger partial charge in [-0.15, -0.1) is 0 Å². The van der Waals surface area contributed by atoms with E-state index in [1.807, 2.05) is 6.07 Å². The molecular formula is C63H70BFN2. The molecule has 342 valence electrons. The monoisotopic (exact) mass is 885 g/mol. The highest BCUT2D eigenvalue weighted by molar-refractivity contribution is 7.00. The summed E-state index contributed by atoms with van der Waals surface area (Å²) < 4.78 is 17.1. The van der Waals surface area contributed by atoms with Crippen LogP contribution >= 0.6 is 0 Å². The van der Waals surface area contributed by atoms with E-state index in [9.17, 15) is 0 Å². The average molecular weight is 885 g/mol. The van der Waals surface area contributed by atoms with Gasteiger partial charge in [-0.2, -0.15) is 0 Å². The summed E-state index contributed by atoms with van der Waals surface area (Å²) in [4.78, 5) is 4.73. The van der Waals surface area contributed by atoms with Gasteiger partial charge < -0.3 is 9.80 Å². The zero-order valence-corrected chi connectivity index (χ0v) is 43.1. The number of hydrogen-bond acceptors (Lipinski definition) is 2. The van der Waals surface area contributed by atoms with Crippen LogP contribution in [0.5, 0.6) is 0 Å². The van der Waals surface area contributed by atoms with Crippen LogP contribution in [0.2, 0.25) is 0 Å². The van der Waals surface area contributed by atoms with Crippen molar-refractivity contribution >= 4 is 57.2 Å². The average Bonchev–Trinajstić information content (AvgIpc) is 3.24. The van der Waals surface area contributed by atoms with Crippen LogP contribution in [0, 0.1) is 12.7 Å². The third kappa shape index (κ3) is 8.44. The first kappa shape index (κ1) is 46.3. The van der Waals surface area contributed by atoms with E-state index in [0.29, 0.717) is 5.69 Å². The molecule has 2 nitrogen and oxygen atoms in total. The van der Waals surface area contributed by atoms with Gasteiger partial charge in [-0.25, -0.2) is 4.39 Å². The molecule has 0 aliphatic carbocycles. The number of halogens is 1. The van der Waals surface area contributed by atoms with Gasteiger partial charge in [-0.3, -0.25) is 0 Å². The third-order valence-electron chi connectivity index (χ3n) is 14.3. The number of hydrogen-bond donors (Lipinski definition) is 0. The van der Waals surface area contributed by atoms with Gasteiger partial charge in [0.1, 0.15) is 5.82 Å². The molecule has 9 rings (SSSR count). The van der Waals surface area contributed by atoms with E-state index < -0.39 is 0 Å². The van der Waals surface area contributed by atoms with Crippen molar-refractivity contribution in [3.8, 4) is 22.3 Å². The fraction of sp³-hybridized carbons (Fsp3) is 0.333. The Hall–Kier alpha value is -5.87. The van der Waals surface area contributed by atoms with Gasteiger partial charge in [0.15, 0.2) is 0 Å². The van der Waals surface area contributed by atoms with Gasteiger partial charge in [-0.1, -0.05) is 183 Å². The lowest BCUT2D eigenvalue weighted by Gasteiger charge is -2.45. The molecule has 0 atom stereocenters. The summed E-state index contributed by atoms with van der Waals surface area (Å²) in [6, 6.07) is 50.1. The zero-order chi connectivity index (χ0) is 48.3. The van der Waals surface area contributed by atoms with Crippen molar-refractivity contribution in [1.82, 2.24) is 0 Å². The van der Waals surface area contributed by atoms with Crippen molar-refractivity contribution in [2.75, 3.05) is 9.80 Å². The largest absolute Gasteiger partial charge is 0.311 e. The SMILES string of the molecule is Cc1cc2c3c(c1)N(c1ccc(C(C)(C)C)cc1F)c1ccc(C(C)(C)C)cc1B3c1cc(C(C)(C)C)ccc1N2c1cc(-c2ccc(C(C)(C)C)cc2)cc(-c2ccc(C(C)(C)C)cc2)c1. The molecule has 0 aromatic heterocycles. The third-order valence-corrected chi connectivity index (χ3v) is 14.3. The molecule has 0 radical (unpaired) electrons. The quantitative estimate of drug-likeness (QED) is 0.163. The Balaban J connectivity index is 1.36. The number of anilines is 6. The lowest BCUT2D eigenvalue weighted by Crippen LogP contribution is -2.61. The van der Waals surface area contributed by atoms with Gasteiger partial charge in [0, 0.05) is 28.4 Å². The molecule has 2 aliphatic heterocycles. The van der Waals surface area contributed by atoms with Crippen LogP contribution < -0.4 is 26.2 Å². The summed E-state index contributed by atoms with van der Waals surface area (Å²) in [5, 5.41) is 0. The molecule has 0 fully saturated rings. The Labute approximate surface area is 402 Å². The van der Waals surface area contributed by atoms with Crippen LogP contribution in [0.25, 0.3) is 22.3 Å². The maximum absolute atomic E-state index is 17.1. The van der Waals surface area contributed by atoms with Crippen LogP contribution in [0.3, 0.4) is 0 Å². The second-order valence-corrected chi connectivity index (χ2v) is 24.7. The standard InChI is InChI=1S/C63H70BFN2/c1-39-31-56-58-57(32-39)67(55-30-27-48(38-52(55)65)63(14,15)16)54-29-26-47(62(11,12)13)37-51(54)64(58)50-36-46(61(8,9)10)25-28-53(50)66(56)49-34-42(40-17-21-44(22-18-40)59(2,3)4)33-43(35-49)41-19-23-45(24-20-41)60(5,6)7/h17-38H,1-16H3. The van der Waals surface area contributed by atoms with Crippen molar-refractivity contribution in [3.63, 3.8) is 0 Å². The highest BCUT2D eigenvalue weighted by Crippen LogP contribution is 2.48. The Morgan fingerprint density at radius 1 is 0.343 bits per heavy atom. The Kier molecular flexibility index (Phi) is 11.0. The number of benzene rings is 7. The van der Waals surface area contributed by atoms with Gasteiger partial charge in [0.05, 0.1) is 5.69 Å². The minimum absolute atomic E-state index is 0.0439. The highest BCUT2D eigenvalue weighted by atomic mass is 19.1. The van der Waals surface area contributed by atoms with Crippen molar-refractivity contribution < 1.29 is 4.39 Å². The molecule has 7 aromatic carbocycles. The molecule has 0 saturated carbocycles. The molecule has 4 heteroatoms. The second kappa shape index (κ2) is 15.9. The molecule has 0 bridgehead atoms. The van der Waals surface area contributed by atoms with Crippen molar-refractivity contribution in [3.05, 3.63) is 173 Å². The Morgan fingerprint density at radius 2 is 0.701 bits per heavy atom. The first-order valence-corrected chi connectivity index (χ1v) is 24.4. The predicted octanol–water partition coefficient (Wildman–Crippen LogP) is 16.0. The molecule has 0 amide bonds. The van der Waals surface area contributed by atoms with Crippen LogP contribution in [0.15, 0.2) is 133 Å². The summed E-state index contributed by atoms with van der Waals surface area (Å²) in [5.41, 5.74) is 21.3. The fourth-order valence-electron chi connectivity index (χ4n) is 10.2. The van der Waals surface area contributed by atoms with E-state index in [1.54, 1.807) is 6.07 Å². The topological polar surface area (TPSA) is 6.48 Å². The molecule has 67 heavy (non-hydrogen) atoms. The van der Waals surface area contributed by atoms with E-state index in [2.05, 4.69) is 242 Å². The fourth-order valence-corrected chi connectivity index (χ4v) is 10.2. The van der Waals surface area contributed by atoms with Crippen molar-refractivity contribution in [2.45, 2.75) is 138 Å². The summed E-state index contributed by atoms with van der Waals surface area (Å²) in [5.74, 6) is -0.220. The van der Waals surface area contributed by atoms with E-state index >= 15 is 4.39 Å². The predicted molar refractivity (Wildman–Crippen MR) is 290 cm³/mol. The maximum Gasteiger partial charge on any atom is 0.252 e. The summed E-state index contributed by atoms with van der Waals surface area (Å²) in [6.45, 7) is 36.0. The summed E-state index contributed by atoms with van der Waals surface area (Å²) in [6.07, 6.45) is 0. The Bertz CT molecular complexity index is 2970. The lowest BCUT2D eigenvalue weighted by molar-refractivity contribution is 0.573. The van der Waals surface area contributed by atoms with Crippen LogP contribution in [0.4, 0.5) is 38.5 Å². The van der Waals surface area contributed by atoms with Gasteiger partial charge in [0.25, 0.3) is 6.71 Å². The number of nitrogens with zero attached hydrogens (tertiary/aromatic N) is 2. The smallest absolute Gasteiger partial charge is 0.252 e. The number of rotatable bonds is 4. The molecule has 2 aliphatic rings. The van der Waals surface area contributed by atoms with Gasteiger partial charge in [-0.05, 0) is 161 Å². The van der Waals surface area contributed by atoms with E-state index in [0.717, 1.165) is 50.7 Å². The second-order valence-electron chi connectivity index (χ2n) is 24.7. The molecule has 0 spiro atoms. The first-order valence-electron chi connectivity index (χ1n) is 24.4. The minimum Gasteiger partial charge on any atom is -0.311 e. The lowest BCUT2D eigenvalue weighted by atomic mass is 9.33. The molecular weight excluding hydrogens is 815 g/mol. The van der Waals surface area contributed by atoms with Crippen molar-refractivity contribution in [1.29, 1.82) is 0 Å². The maximum atomic E-state index is 17.1. The summed E-state index contributed by atoms with van der Waals surface area (Å²) >= 11 is 0. The molecule has 7 aromatic rings. The zero-order valence-electron chi connectivity index (χ0n) is 43.1. The van der Waals surface area contributed by atoms with Gasteiger partial charge >= 0.3 is 0 Å². The molecule has 2 heterocycles. The molecule has 0 N–H and O–H groups in total. The first-order chi connectivity index (χ1) is 31.2. The number of aryl methyl sites for hydroxylation is 1.